The molecule has 1 atom stereocenters. The van der Waals surface area contributed by atoms with Crippen LogP contribution in [0.5, 0.6) is 0 Å². The molecule has 6 nitrogen and oxygen atoms in total. The Bertz CT molecular complexity index is 639. The predicted molar refractivity (Wildman–Crippen MR) is 63.5 cm³/mol. The van der Waals surface area contributed by atoms with Crippen LogP contribution in [0.4, 0.5) is 0 Å². The zero-order valence-corrected chi connectivity index (χ0v) is 9.79. The molecule has 0 amide bonds. The van der Waals surface area contributed by atoms with Gasteiger partial charge >= 0.3 is 11.7 Å². The average molecular weight is 251 g/mol. The number of fused-ring (bicyclic) bond motifs is 1. The molecule has 0 radical (unpaired) electrons. The molecule has 6 heteroatoms. The minimum atomic E-state index is -1.00. The van der Waals surface area contributed by atoms with Crippen molar-refractivity contribution in [2.45, 2.75) is 12.3 Å². The zero-order chi connectivity index (χ0) is 13.3. The Labute approximate surface area is 102 Å². The Balaban J connectivity index is 2.54. The van der Waals surface area contributed by atoms with E-state index in [1.54, 1.807) is 25.2 Å². The smallest absolute Gasteiger partial charge is 0.419 e. The Morgan fingerprint density at radius 3 is 2.83 bits per heavy atom. The third kappa shape index (κ3) is 2.02. The van der Waals surface area contributed by atoms with Gasteiger partial charge in [0.15, 0.2) is 5.58 Å². The molecule has 0 saturated heterocycles. The minimum Gasteiger partial charge on any atom is -0.481 e. The highest BCUT2D eigenvalue weighted by atomic mass is 16.4. The highest BCUT2D eigenvalue weighted by Crippen LogP contribution is 2.23. The van der Waals surface area contributed by atoms with Crippen LogP contribution in [0.1, 0.15) is 17.9 Å². The third-order valence-corrected chi connectivity index (χ3v) is 2.93. The Morgan fingerprint density at radius 2 is 2.22 bits per heavy atom. The Kier molecular flexibility index (Phi) is 3.20. The number of carboxylic acids is 1. The van der Waals surface area contributed by atoms with Gasteiger partial charge in [-0.1, -0.05) is 6.07 Å². The molecule has 0 aliphatic heterocycles. The second kappa shape index (κ2) is 4.66. The van der Waals surface area contributed by atoms with Crippen molar-refractivity contribution in [3.05, 3.63) is 34.3 Å². The molecule has 0 aliphatic carbocycles. The first-order valence-electron chi connectivity index (χ1n) is 5.47. The van der Waals surface area contributed by atoms with Crippen LogP contribution >= 0.6 is 0 Å². The Morgan fingerprint density at radius 1 is 1.50 bits per heavy atom. The monoisotopic (exact) mass is 251 g/mol. The van der Waals surface area contributed by atoms with Crippen LogP contribution in [0, 0.1) is 0 Å². The van der Waals surface area contributed by atoms with Gasteiger partial charge in [0.2, 0.25) is 0 Å². The van der Waals surface area contributed by atoms with E-state index in [0.717, 1.165) is 0 Å². The lowest BCUT2D eigenvalue weighted by atomic mass is 9.96. The number of aromatic nitrogens is 1. The number of aryl methyl sites for hydroxylation is 1. The molecule has 0 aliphatic rings. The first kappa shape index (κ1) is 12.4. The van der Waals surface area contributed by atoms with E-state index < -0.39 is 17.6 Å². The minimum absolute atomic E-state index is 0.132. The van der Waals surface area contributed by atoms with Crippen molar-refractivity contribution in [1.29, 1.82) is 0 Å². The molecule has 1 aromatic carbocycles. The summed E-state index contributed by atoms with van der Waals surface area (Å²) in [6.45, 7) is -0.209. The molecule has 96 valence electrons. The molecule has 0 fully saturated rings. The van der Waals surface area contributed by atoms with Crippen molar-refractivity contribution in [2.24, 2.45) is 7.05 Å². The van der Waals surface area contributed by atoms with E-state index in [9.17, 15) is 9.59 Å². The number of benzene rings is 1. The second-order valence-electron chi connectivity index (χ2n) is 4.06. The highest BCUT2D eigenvalue weighted by molar-refractivity contribution is 5.80. The van der Waals surface area contributed by atoms with Crippen molar-refractivity contribution in [3.8, 4) is 0 Å². The molecule has 1 aromatic heterocycles. The normalized spacial score (nSPS) is 12.8. The molecule has 0 spiro atoms. The molecular formula is C12H13NO5. The van der Waals surface area contributed by atoms with Crippen molar-refractivity contribution >= 4 is 17.1 Å². The van der Waals surface area contributed by atoms with Crippen LogP contribution in [0.3, 0.4) is 0 Å². The van der Waals surface area contributed by atoms with E-state index in [-0.39, 0.29) is 13.0 Å². The second-order valence-corrected chi connectivity index (χ2v) is 4.06. The summed E-state index contributed by atoms with van der Waals surface area (Å²) in [6, 6.07) is 4.77. The standard InChI is InChI=1S/C12H13NO5/c1-13-9-6-7(8(4-5-14)11(15)16)2-3-10(9)18-12(13)17/h2-3,6,8,14H,4-5H2,1H3,(H,15,16). The molecule has 1 heterocycles. The summed E-state index contributed by atoms with van der Waals surface area (Å²) < 4.78 is 6.28. The van der Waals surface area contributed by atoms with Gasteiger partial charge in [-0.25, -0.2) is 4.79 Å². The number of rotatable bonds is 4. The lowest BCUT2D eigenvalue weighted by Crippen LogP contribution is -2.13. The van der Waals surface area contributed by atoms with Gasteiger partial charge in [0.1, 0.15) is 0 Å². The number of nitrogens with zero attached hydrogens (tertiary/aromatic N) is 1. The number of aliphatic carboxylic acids is 1. The molecule has 2 aromatic rings. The van der Waals surface area contributed by atoms with Gasteiger partial charge in [-0.15, -0.1) is 0 Å². The maximum Gasteiger partial charge on any atom is 0.419 e. The first-order valence-corrected chi connectivity index (χ1v) is 5.47. The number of carbonyl (C=O) groups is 1. The van der Waals surface area contributed by atoms with Crippen molar-refractivity contribution in [1.82, 2.24) is 4.57 Å². The lowest BCUT2D eigenvalue weighted by molar-refractivity contribution is -0.139. The summed E-state index contributed by atoms with van der Waals surface area (Å²) in [6.07, 6.45) is 0.132. The van der Waals surface area contributed by atoms with Crippen molar-refractivity contribution < 1.29 is 19.4 Å². The predicted octanol–water partition coefficient (Wildman–Crippen LogP) is 0.682. The lowest BCUT2D eigenvalue weighted by Gasteiger charge is -2.11. The van der Waals surface area contributed by atoms with Gasteiger partial charge in [0, 0.05) is 13.7 Å². The molecular weight excluding hydrogens is 238 g/mol. The topological polar surface area (TPSA) is 92.7 Å². The maximum absolute atomic E-state index is 11.3. The van der Waals surface area contributed by atoms with Gasteiger partial charge in [-0.05, 0) is 24.1 Å². The molecule has 0 saturated carbocycles. The summed E-state index contributed by atoms with van der Waals surface area (Å²) in [4.78, 5) is 22.4. The quantitative estimate of drug-likeness (QED) is 0.833. The van der Waals surface area contributed by atoms with E-state index in [1.807, 2.05) is 0 Å². The third-order valence-electron chi connectivity index (χ3n) is 2.93. The zero-order valence-electron chi connectivity index (χ0n) is 9.79. The van der Waals surface area contributed by atoms with Crippen molar-refractivity contribution in [2.75, 3.05) is 6.61 Å². The highest BCUT2D eigenvalue weighted by Gasteiger charge is 2.20. The van der Waals surface area contributed by atoms with E-state index in [1.165, 1.54) is 4.57 Å². The van der Waals surface area contributed by atoms with E-state index in [0.29, 0.717) is 16.7 Å². The molecule has 2 N–H and O–H groups in total. The SMILES string of the molecule is Cn1c(=O)oc2ccc(C(CCO)C(=O)O)cc21. The number of hydrogen-bond acceptors (Lipinski definition) is 4. The summed E-state index contributed by atoms with van der Waals surface area (Å²) in [5, 5.41) is 18.0. The van der Waals surface area contributed by atoms with Gasteiger partial charge in [-0.2, -0.15) is 0 Å². The fraction of sp³-hybridized carbons (Fsp3) is 0.333. The van der Waals surface area contributed by atoms with Gasteiger partial charge in [0.05, 0.1) is 11.4 Å². The molecule has 18 heavy (non-hydrogen) atoms. The molecule has 1 unspecified atom stereocenters. The first-order chi connectivity index (χ1) is 8.54. The number of oxazole rings is 1. The summed E-state index contributed by atoms with van der Waals surface area (Å²) in [7, 11) is 1.56. The number of hydrogen-bond donors (Lipinski definition) is 2. The van der Waals surface area contributed by atoms with Crippen LogP contribution in [0.15, 0.2) is 27.4 Å². The number of aliphatic hydroxyl groups excluding tert-OH is 1. The van der Waals surface area contributed by atoms with E-state index >= 15 is 0 Å². The Hall–Kier alpha value is -2.08. The van der Waals surface area contributed by atoms with Crippen molar-refractivity contribution in [3.63, 3.8) is 0 Å². The van der Waals surface area contributed by atoms with Crippen LogP contribution in [0.25, 0.3) is 11.1 Å². The maximum atomic E-state index is 11.3. The van der Waals surface area contributed by atoms with Crippen LogP contribution < -0.4 is 5.76 Å². The summed E-state index contributed by atoms with van der Waals surface area (Å²) in [5.41, 5.74) is 1.50. The number of carboxylic acid groups (broad SMARTS) is 1. The van der Waals surface area contributed by atoms with Crippen LogP contribution in [-0.4, -0.2) is 27.4 Å². The van der Waals surface area contributed by atoms with E-state index in [4.69, 9.17) is 14.6 Å². The molecule has 2 rings (SSSR count). The van der Waals surface area contributed by atoms with E-state index in [2.05, 4.69) is 0 Å². The summed E-state index contributed by atoms with van der Waals surface area (Å²) >= 11 is 0. The van der Waals surface area contributed by atoms with Crippen LogP contribution in [-0.2, 0) is 11.8 Å². The largest absolute Gasteiger partial charge is 0.481 e. The van der Waals surface area contributed by atoms with Gasteiger partial charge in [0.25, 0.3) is 0 Å². The fourth-order valence-corrected chi connectivity index (χ4v) is 1.92. The van der Waals surface area contributed by atoms with Gasteiger partial charge in [-0.3, -0.25) is 9.36 Å². The number of aliphatic hydroxyl groups is 1. The van der Waals surface area contributed by atoms with Gasteiger partial charge < -0.3 is 14.6 Å². The average Bonchev–Trinajstić information content (AvgIpc) is 2.62. The van der Waals surface area contributed by atoms with Crippen LogP contribution in [0.2, 0.25) is 0 Å². The molecule has 0 bridgehead atoms. The fourth-order valence-electron chi connectivity index (χ4n) is 1.92. The summed E-state index contributed by atoms with van der Waals surface area (Å²) in [5.74, 6) is -2.28.